The van der Waals surface area contributed by atoms with Crippen LogP contribution in [0.4, 0.5) is 4.79 Å². The van der Waals surface area contributed by atoms with Gasteiger partial charge in [-0.3, -0.25) is 14.7 Å². The van der Waals surface area contributed by atoms with E-state index in [1.165, 1.54) is 4.90 Å². The van der Waals surface area contributed by atoms with Gasteiger partial charge in [0.25, 0.3) is 0 Å². The molecule has 3 aromatic rings. The standard InChI is InChI=1S/C32H35N3O6/c1-21(2)17-28(35(19-29(36)37)32(38)41-27-15-13-25(39-3)14-16-27)22-9-11-26(12-10-22)40-20-24-18-34-31(30(24)33)23-7-5-4-6-8-23/h4-16,18,21,28,30H,17,19-20,33H2,1-3H3,(H,36,37). The quantitative estimate of drug-likeness (QED) is 0.303. The van der Waals surface area contributed by atoms with E-state index in [0.29, 0.717) is 17.9 Å². The first-order chi connectivity index (χ1) is 19.7. The molecule has 214 valence electrons. The Bertz CT molecular complexity index is 1390. The van der Waals surface area contributed by atoms with Crippen LogP contribution >= 0.6 is 0 Å². The highest BCUT2D eigenvalue weighted by atomic mass is 16.6. The number of hydrogen-bond acceptors (Lipinski definition) is 7. The van der Waals surface area contributed by atoms with Gasteiger partial charge in [0, 0.05) is 11.8 Å². The summed E-state index contributed by atoms with van der Waals surface area (Å²) in [6, 6.07) is 22.7. The van der Waals surface area contributed by atoms with Gasteiger partial charge < -0.3 is 25.1 Å². The Morgan fingerprint density at radius 3 is 2.20 bits per heavy atom. The Labute approximate surface area is 239 Å². The number of aliphatic carboxylic acids is 1. The summed E-state index contributed by atoms with van der Waals surface area (Å²) in [5.41, 5.74) is 9.82. The number of carboxylic acid groups (broad SMARTS) is 1. The Balaban J connectivity index is 1.45. The minimum absolute atomic E-state index is 0.176. The van der Waals surface area contributed by atoms with Crippen molar-refractivity contribution in [2.24, 2.45) is 16.6 Å². The molecule has 0 spiro atoms. The van der Waals surface area contributed by atoms with Crippen molar-refractivity contribution in [3.8, 4) is 17.2 Å². The highest BCUT2D eigenvalue weighted by Crippen LogP contribution is 2.31. The summed E-state index contributed by atoms with van der Waals surface area (Å²) in [7, 11) is 1.54. The molecule has 1 heterocycles. The summed E-state index contributed by atoms with van der Waals surface area (Å²) in [6.07, 6.45) is 1.53. The van der Waals surface area contributed by atoms with Crippen LogP contribution in [0.25, 0.3) is 0 Å². The molecule has 2 unspecified atom stereocenters. The van der Waals surface area contributed by atoms with Crippen LogP contribution in [-0.4, -0.2) is 54.1 Å². The second-order valence-electron chi connectivity index (χ2n) is 10.1. The van der Waals surface area contributed by atoms with E-state index in [1.54, 1.807) is 49.7 Å². The number of benzene rings is 3. The summed E-state index contributed by atoms with van der Waals surface area (Å²) >= 11 is 0. The average molecular weight is 558 g/mol. The number of methoxy groups -OCH3 is 1. The molecule has 4 rings (SSSR count). The fraction of sp³-hybridized carbons (Fsp3) is 0.281. The van der Waals surface area contributed by atoms with Gasteiger partial charge in [0.05, 0.1) is 24.9 Å². The van der Waals surface area contributed by atoms with E-state index in [1.807, 2.05) is 56.3 Å². The van der Waals surface area contributed by atoms with Crippen molar-refractivity contribution in [1.82, 2.24) is 4.90 Å². The van der Waals surface area contributed by atoms with E-state index >= 15 is 0 Å². The monoisotopic (exact) mass is 557 g/mol. The number of carbonyl (C=O) groups is 2. The second kappa shape index (κ2) is 13.6. The minimum atomic E-state index is -1.14. The van der Waals surface area contributed by atoms with Crippen molar-refractivity contribution in [2.45, 2.75) is 32.4 Å². The first-order valence-corrected chi connectivity index (χ1v) is 13.4. The van der Waals surface area contributed by atoms with E-state index in [4.69, 9.17) is 19.9 Å². The van der Waals surface area contributed by atoms with Gasteiger partial charge in [-0.2, -0.15) is 0 Å². The zero-order chi connectivity index (χ0) is 29.4. The van der Waals surface area contributed by atoms with Gasteiger partial charge in [0.15, 0.2) is 0 Å². The fourth-order valence-electron chi connectivity index (χ4n) is 4.57. The van der Waals surface area contributed by atoms with Gasteiger partial charge in [0.1, 0.15) is 30.4 Å². The van der Waals surface area contributed by atoms with Crippen LogP contribution in [0.5, 0.6) is 17.2 Å². The molecule has 0 saturated carbocycles. The van der Waals surface area contributed by atoms with E-state index in [9.17, 15) is 14.7 Å². The molecule has 9 heteroatoms. The Hall–Kier alpha value is -4.63. The molecule has 0 aliphatic carbocycles. The summed E-state index contributed by atoms with van der Waals surface area (Å²) in [5, 5.41) is 9.62. The predicted molar refractivity (Wildman–Crippen MR) is 157 cm³/mol. The lowest BCUT2D eigenvalue weighted by molar-refractivity contribution is -0.138. The van der Waals surface area contributed by atoms with Gasteiger partial charge in [-0.1, -0.05) is 56.3 Å². The average Bonchev–Trinajstić information content (AvgIpc) is 3.34. The summed E-state index contributed by atoms with van der Waals surface area (Å²) in [5.74, 6) is 0.558. The number of aliphatic imine (C=N–C) groups is 1. The third-order valence-electron chi connectivity index (χ3n) is 6.68. The number of rotatable bonds is 12. The zero-order valence-corrected chi connectivity index (χ0v) is 23.4. The van der Waals surface area contributed by atoms with Gasteiger partial charge in [-0.15, -0.1) is 0 Å². The van der Waals surface area contributed by atoms with Crippen LogP contribution in [0.3, 0.4) is 0 Å². The van der Waals surface area contributed by atoms with Crippen molar-refractivity contribution in [3.63, 3.8) is 0 Å². The molecular weight excluding hydrogens is 522 g/mol. The van der Waals surface area contributed by atoms with Crippen LogP contribution in [0, 0.1) is 5.92 Å². The molecule has 9 nitrogen and oxygen atoms in total. The van der Waals surface area contributed by atoms with Gasteiger partial charge in [-0.05, 0) is 59.9 Å². The van der Waals surface area contributed by atoms with Crippen molar-refractivity contribution < 1.29 is 28.9 Å². The number of ether oxygens (including phenoxy) is 3. The van der Waals surface area contributed by atoms with Crippen LogP contribution in [0.2, 0.25) is 0 Å². The van der Waals surface area contributed by atoms with E-state index in [2.05, 4.69) is 4.99 Å². The molecule has 1 aliphatic rings. The largest absolute Gasteiger partial charge is 0.497 e. The first kappa shape index (κ1) is 29.4. The van der Waals surface area contributed by atoms with Crippen molar-refractivity contribution >= 4 is 17.8 Å². The maximum absolute atomic E-state index is 13.2. The number of carboxylic acids is 1. The molecule has 41 heavy (non-hydrogen) atoms. The third-order valence-corrected chi connectivity index (χ3v) is 6.68. The Morgan fingerprint density at radius 2 is 1.59 bits per heavy atom. The van der Waals surface area contributed by atoms with Crippen LogP contribution in [0.1, 0.15) is 37.4 Å². The van der Waals surface area contributed by atoms with Crippen molar-refractivity contribution in [2.75, 3.05) is 20.3 Å². The van der Waals surface area contributed by atoms with Crippen molar-refractivity contribution in [3.05, 3.63) is 102 Å². The fourth-order valence-corrected chi connectivity index (χ4v) is 4.57. The predicted octanol–water partition coefficient (Wildman–Crippen LogP) is 5.46. The van der Waals surface area contributed by atoms with E-state index in [0.717, 1.165) is 22.4 Å². The zero-order valence-electron chi connectivity index (χ0n) is 23.4. The molecule has 2 atom stereocenters. The number of nitrogens with two attached hydrogens (primary N) is 1. The normalized spacial score (nSPS) is 15.1. The molecule has 0 radical (unpaired) electrons. The molecule has 0 aromatic heterocycles. The molecule has 1 amide bonds. The molecular formula is C32H35N3O6. The lowest BCUT2D eigenvalue weighted by atomic mass is 9.95. The summed E-state index contributed by atoms with van der Waals surface area (Å²) in [6.45, 7) is 3.79. The number of carbonyl (C=O) groups excluding carboxylic acids is 1. The number of hydrogen-bond donors (Lipinski definition) is 2. The first-order valence-electron chi connectivity index (χ1n) is 13.4. The smallest absolute Gasteiger partial charge is 0.416 e. The molecule has 0 saturated heterocycles. The molecule has 3 aromatic carbocycles. The Morgan fingerprint density at radius 1 is 0.951 bits per heavy atom. The maximum Gasteiger partial charge on any atom is 0.416 e. The van der Waals surface area contributed by atoms with Gasteiger partial charge in [0.2, 0.25) is 0 Å². The van der Waals surface area contributed by atoms with Gasteiger partial charge in [-0.25, -0.2) is 4.79 Å². The summed E-state index contributed by atoms with van der Waals surface area (Å²) in [4.78, 5) is 30.7. The highest BCUT2D eigenvalue weighted by molar-refractivity contribution is 6.07. The van der Waals surface area contributed by atoms with Crippen molar-refractivity contribution in [1.29, 1.82) is 0 Å². The second-order valence-corrected chi connectivity index (χ2v) is 10.1. The van der Waals surface area contributed by atoms with E-state index in [-0.39, 0.29) is 24.3 Å². The Kier molecular flexibility index (Phi) is 9.76. The van der Waals surface area contributed by atoms with Gasteiger partial charge >= 0.3 is 12.1 Å². The highest BCUT2D eigenvalue weighted by Gasteiger charge is 2.30. The van der Waals surface area contributed by atoms with Crippen LogP contribution < -0.4 is 19.9 Å². The third kappa shape index (κ3) is 7.73. The lowest BCUT2D eigenvalue weighted by Crippen LogP contribution is -2.41. The number of nitrogens with zero attached hydrogens (tertiary/aromatic N) is 2. The molecule has 0 bridgehead atoms. The molecule has 0 fully saturated rings. The van der Waals surface area contributed by atoms with Crippen LogP contribution in [-0.2, 0) is 4.79 Å². The van der Waals surface area contributed by atoms with Crippen LogP contribution in [0.15, 0.2) is 95.6 Å². The minimum Gasteiger partial charge on any atom is -0.497 e. The number of amides is 1. The molecule has 3 N–H and O–H groups in total. The maximum atomic E-state index is 13.2. The lowest BCUT2D eigenvalue weighted by Gasteiger charge is -2.31. The summed E-state index contributed by atoms with van der Waals surface area (Å²) < 4.78 is 16.7. The van der Waals surface area contributed by atoms with E-state index < -0.39 is 24.6 Å². The topological polar surface area (TPSA) is 124 Å². The SMILES string of the molecule is COc1ccc(OC(=O)N(CC(=O)O)C(CC(C)C)c2ccc(OCC3=CN=C(c4ccccc4)C3N)cc2)cc1. The molecule has 1 aliphatic heterocycles.